The van der Waals surface area contributed by atoms with Crippen LogP contribution in [-0.2, 0) is 11.3 Å². The number of aromatic nitrogens is 1. The Balaban J connectivity index is 1.61. The van der Waals surface area contributed by atoms with E-state index in [4.69, 9.17) is 32.7 Å². The van der Waals surface area contributed by atoms with E-state index in [0.29, 0.717) is 22.4 Å². The third-order valence-electron chi connectivity index (χ3n) is 3.05. The van der Waals surface area contributed by atoms with Gasteiger partial charge in [-0.05, 0) is 25.0 Å². The van der Waals surface area contributed by atoms with Crippen LogP contribution in [0, 0.1) is 0 Å². The number of thiazole rings is 1. The molecule has 0 saturated carbocycles. The molecule has 1 aromatic carbocycles. The van der Waals surface area contributed by atoms with E-state index in [1.54, 1.807) is 29.5 Å². The average Bonchev–Trinajstić information content (AvgIpc) is 3.09. The second kappa shape index (κ2) is 6.31. The summed E-state index contributed by atoms with van der Waals surface area (Å²) in [5.74, 6) is 0.686. The first-order valence-electron chi connectivity index (χ1n) is 6.36. The van der Waals surface area contributed by atoms with Gasteiger partial charge in [0.25, 0.3) is 0 Å². The monoisotopic (exact) mass is 329 g/mol. The maximum Gasteiger partial charge on any atom is 0.131 e. The van der Waals surface area contributed by atoms with Crippen molar-refractivity contribution in [2.24, 2.45) is 0 Å². The van der Waals surface area contributed by atoms with Crippen molar-refractivity contribution in [3.63, 3.8) is 0 Å². The summed E-state index contributed by atoms with van der Waals surface area (Å²) in [6.45, 7) is 1.25. The maximum absolute atomic E-state index is 5.94. The van der Waals surface area contributed by atoms with Crippen molar-refractivity contribution in [1.82, 2.24) is 4.98 Å². The Labute approximate surface area is 131 Å². The highest BCUT2D eigenvalue weighted by atomic mass is 35.5. The number of nitrogens with zero attached hydrogens (tertiary/aromatic N) is 1. The minimum atomic E-state index is 0.165. The molecule has 106 valence electrons. The van der Waals surface area contributed by atoms with Gasteiger partial charge in [0.15, 0.2) is 0 Å². The molecule has 0 N–H and O–H groups in total. The zero-order valence-corrected chi connectivity index (χ0v) is 13.0. The third kappa shape index (κ3) is 3.26. The second-order valence-corrected chi connectivity index (χ2v) is 6.25. The Bertz CT molecular complexity index is 597. The van der Waals surface area contributed by atoms with Crippen molar-refractivity contribution in [2.45, 2.75) is 25.6 Å². The summed E-state index contributed by atoms with van der Waals surface area (Å²) in [7, 11) is 0. The van der Waals surface area contributed by atoms with Crippen LogP contribution in [0.4, 0.5) is 0 Å². The molecule has 1 fully saturated rings. The zero-order chi connectivity index (χ0) is 13.9. The highest BCUT2D eigenvalue weighted by molar-refractivity contribution is 7.09. The van der Waals surface area contributed by atoms with Gasteiger partial charge in [0, 0.05) is 18.1 Å². The quantitative estimate of drug-likeness (QED) is 0.800. The van der Waals surface area contributed by atoms with Gasteiger partial charge in [0.2, 0.25) is 0 Å². The largest absolute Gasteiger partial charge is 0.487 e. The molecule has 1 atom stereocenters. The lowest BCUT2D eigenvalue weighted by molar-refractivity contribution is 0.111. The fourth-order valence-corrected chi connectivity index (χ4v) is 3.21. The molecule has 1 aliphatic rings. The summed E-state index contributed by atoms with van der Waals surface area (Å²) < 4.78 is 11.3. The first kappa shape index (κ1) is 14.1. The van der Waals surface area contributed by atoms with Gasteiger partial charge in [-0.3, -0.25) is 0 Å². The molecule has 20 heavy (non-hydrogen) atoms. The van der Waals surface area contributed by atoms with E-state index >= 15 is 0 Å². The summed E-state index contributed by atoms with van der Waals surface area (Å²) in [5.41, 5.74) is 0.909. The molecule has 3 nitrogen and oxygen atoms in total. The summed E-state index contributed by atoms with van der Waals surface area (Å²) >= 11 is 13.4. The Hall–Kier alpha value is -0.810. The number of benzene rings is 1. The van der Waals surface area contributed by atoms with Crippen molar-refractivity contribution in [1.29, 1.82) is 0 Å². The lowest BCUT2D eigenvalue weighted by Gasteiger charge is -2.06. The molecule has 0 amide bonds. The molecule has 1 aromatic heterocycles. The molecule has 2 aromatic rings. The van der Waals surface area contributed by atoms with Gasteiger partial charge in [-0.15, -0.1) is 11.3 Å². The van der Waals surface area contributed by atoms with Crippen LogP contribution in [0.2, 0.25) is 10.0 Å². The van der Waals surface area contributed by atoms with E-state index < -0.39 is 0 Å². The van der Waals surface area contributed by atoms with Gasteiger partial charge in [-0.1, -0.05) is 23.2 Å². The van der Waals surface area contributed by atoms with E-state index in [-0.39, 0.29) is 6.10 Å². The summed E-state index contributed by atoms with van der Waals surface area (Å²) in [6.07, 6.45) is 2.33. The Kier molecular flexibility index (Phi) is 4.46. The molecule has 0 aliphatic carbocycles. The van der Waals surface area contributed by atoms with Crippen LogP contribution < -0.4 is 4.74 Å². The van der Waals surface area contributed by atoms with Crippen molar-refractivity contribution in [3.8, 4) is 5.75 Å². The lowest BCUT2D eigenvalue weighted by atomic mass is 10.2. The standard InChI is InChI=1S/C14H13Cl2NO2S/c15-11-4-3-10(6-12(11)16)19-7-9-8-20-14(17-9)13-2-1-5-18-13/h3-4,6,8,13H,1-2,5,7H2. The molecule has 1 saturated heterocycles. The molecular weight excluding hydrogens is 317 g/mol. The predicted molar refractivity (Wildman–Crippen MR) is 80.8 cm³/mol. The van der Waals surface area contributed by atoms with Crippen molar-refractivity contribution in [2.75, 3.05) is 6.61 Å². The van der Waals surface area contributed by atoms with E-state index in [2.05, 4.69) is 4.98 Å². The molecule has 0 spiro atoms. The van der Waals surface area contributed by atoms with Gasteiger partial charge in [-0.25, -0.2) is 4.98 Å². The van der Waals surface area contributed by atoms with Crippen LogP contribution in [0.3, 0.4) is 0 Å². The second-order valence-electron chi connectivity index (χ2n) is 4.54. The zero-order valence-electron chi connectivity index (χ0n) is 10.6. The molecule has 0 radical (unpaired) electrons. The van der Waals surface area contributed by atoms with Gasteiger partial charge in [0.1, 0.15) is 23.5 Å². The van der Waals surface area contributed by atoms with Crippen LogP contribution in [0.5, 0.6) is 5.75 Å². The van der Waals surface area contributed by atoms with Gasteiger partial charge in [-0.2, -0.15) is 0 Å². The molecule has 1 unspecified atom stereocenters. The van der Waals surface area contributed by atoms with Crippen LogP contribution in [0.25, 0.3) is 0 Å². The number of halogens is 2. The first-order valence-corrected chi connectivity index (χ1v) is 7.99. The number of hydrogen-bond acceptors (Lipinski definition) is 4. The van der Waals surface area contributed by atoms with Crippen molar-refractivity contribution >= 4 is 34.5 Å². The van der Waals surface area contributed by atoms with E-state index in [1.807, 2.05) is 5.38 Å². The highest BCUT2D eigenvalue weighted by Crippen LogP contribution is 2.31. The third-order valence-corrected chi connectivity index (χ3v) is 4.78. The fourth-order valence-electron chi connectivity index (χ4n) is 2.03. The Morgan fingerprint density at radius 1 is 1.35 bits per heavy atom. The van der Waals surface area contributed by atoms with E-state index in [0.717, 1.165) is 30.2 Å². The van der Waals surface area contributed by atoms with E-state index in [1.165, 1.54) is 0 Å². The molecular formula is C14H13Cl2NO2S. The smallest absolute Gasteiger partial charge is 0.131 e. The highest BCUT2D eigenvalue weighted by Gasteiger charge is 2.20. The van der Waals surface area contributed by atoms with Crippen LogP contribution in [0.1, 0.15) is 29.6 Å². The van der Waals surface area contributed by atoms with E-state index in [9.17, 15) is 0 Å². The van der Waals surface area contributed by atoms with Gasteiger partial charge >= 0.3 is 0 Å². The molecule has 6 heteroatoms. The SMILES string of the molecule is Clc1ccc(OCc2csc(C3CCCO3)n2)cc1Cl. The van der Waals surface area contributed by atoms with Gasteiger partial charge in [0.05, 0.1) is 15.7 Å². The maximum atomic E-state index is 5.94. The number of rotatable bonds is 4. The minimum absolute atomic E-state index is 0.165. The lowest BCUT2D eigenvalue weighted by Crippen LogP contribution is -1.98. The fraction of sp³-hybridized carbons (Fsp3) is 0.357. The summed E-state index contributed by atoms with van der Waals surface area (Å²) in [6, 6.07) is 5.22. The predicted octanol–water partition coefficient (Wildman–Crippen LogP) is 4.88. The summed E-state index contributed by atoms with van der Waals surface area (Å²) in [4.78, 5) is 4.56. The van der Waals surface area contributed by atoms with Crippen LogP contribution >= 0.6 is 34.5 Å². The Morgan fingerprint density at radius 2 is 2.25 bits per heavy atom. The number of hydrogen-bond donors (Lipinski definition) is 0. The van der Waals surface area contributed by atoms with Crippen LogP contribution in [-0.4, -0.2) is 11.6 Å². The molecule has 3 rings (SSSR count). The molecule has 2 heterocycles. The molecule has 0 bridgehead atoms. The minimum Gasteiger partial charge on any atom is -0.487 e. The Morgan fingerprint density at radius 3 is 3.00 bits per heavy atom. The van der Waals surface area contributed by atoms with Crippen LogP contribution in [0.15, 0.2) is 23.6 Å². The first-order chi connectivity index (χ1) is 9.72. The topological polar surface area (TPSA) is 31.4 Å². The van der Waals surface area contributed by atoms with Crippen molar-refractivity contribution in [3.05, 3.63) is 44.3 Å². The van der Waals surface area contributed by atoms with Gasteiger partial charge < -0.3 is 9.47 Å². The summed E-state index contributed by atoms with van der Waals surface area (Å²) in [5, 5.41) is 4.06. The number of ether oxygens (including phenoxy) is 2. The normalized spacial score (nSPS) is 18.4. The molecule has 1 aliphatic heterocycles. The van der Waals surface area contributed by atoms with Crippen molar-refractivity contribution < 1.29 is 9.47 Å². The average molecular weight is 330 g/mol.